The standard InChI is InChI=1S/C27H38N2O6S4/c1-26(2,28-22(30)16-20-18(24(28)32)6-10-36-20)8-14-38(34)12-5-13-39(35)15-9-27(3,4)29-23(31)17-21-19(25(29)33)7-11-37-21/h16-19H,5-15H2,1-4H3. The van der Waals surface area contributed by atoms with E-state index in [4.69, 9.17) is 0 Å². The maximum Gasteiger partial charge on any atom is 0.254 e. The van der Waals surface area contributed by atoms with Crippen molar-refractivity contribution in [3.63, 3.8) is 0 Å². The van der Waals surface area contributed by atoms with Crippen LogP contribution in [-0.2, 0) is 40.8 Å². The third-order valence-electron chi connectivity index (χ3n) is 7.88. The molecule has 0 saturated carbocycles. The Morgan fingerprint density at radius 2 is 1.10 bits per heavy atom. The van der Waals surface area contributed by atoms with Gasteiger partial charge in [-0.25, -0.2) is 0 Å². The number of imide groups is 2. The van der Waals surface area contributed by atoms with Crippen molar-refractivity contribution in [2.75, 3.05) is 34.5 Å². The number of hydrogen-bond donors (Lipinski definition) is 0. The summed E-state index contributed by atoms with van der Waals surface area (Å²) in [5.74, 6) is 1.87. The monoisotopic (exact) mass is 614 g/mol. The Balaban J connectivity index is 1.19. The van der Waals surface area contributed by atoms with Gasteiger partial charge in [-0.15, -0.1) is 23.5 Å². The lowest BCUT2D eigenvalue weighted by Crippen LogP contribution is -2.55. The molecule has 2 fully saturated rings. The van der Waals surface area contributed by atoms with E-state index in [1.54, 1.807) is 35.7 Å². The molecule has 4 heterocycles. The zero-order valence-corrected chi connectivity index (χ0v) is 26.3. The van der Waals surface area contributed by atoms with Crippen LogP contribution < -0.4 is 0 Å². The van der Waals surface area contributed by atoms with Crippen LogP contribution >= 0.6 is 23.5 Å². The molecule has 0 aliphatic carbocycles. The Hall–Kier alpha value is -1.24. The van der Waals surface area contributed by atoms with Crippen molar-refractivity contribution < 1.29 is 27.6 Å². The van der Waals surface area contributed by atoms with E-state index in [1.165, 1.54) is 9.80 Å². The normalized spacial score (nSPS) is 25.4. The lowest BCUT2D eigenvalue weighted by Gasteiger charge is -2.40. The first-order valence-corrected chi connectivity index (χ1v) is 18.4. The average molecular weight is 615 g/mol. The maximum absolute atomic E-state index is 13.0. The van der Waals surface area contributed by atoms with Crippen molar-refractivity contribution >= 4 is 68.8 Å². The van der Waals surface area contributed by atoms with Crippen molar-refractivity contribution in [1.29, 1.82) is 0 Å². The minimum atomic E-state index is -1.16. The number of carbonyl (C=O) groups excluding carboxylic acids is 4. The molecule has 0 N–H and O–H groups in total. The fourth-order valence-corrected chi connectivity index (χ4v) is 10.8. The van der Waals surface area contributed by atoms with Gasteiger partial charge in [0, 0.05) is 77.7 Å². The predicted molar refractivity (Wildman–Crippen MR) is 159 cm³/mol. The second-order valence-corrected chi connectivity index (χ2v) is 17.4. The number of hydrogen-bond acceptors (Lipinski definition) is 8. The van der Waals surface area contributed by atoms with E-state index in [0.717, 1.165) is 34.2 Å². The highest BCUT2D eigenvalue weighted by Crippen LogP contribution is 2.43. The van der Waals surface area contributed by atoms with Gasteiger partial charge in [-0.2, -0.15) is 0 Å². The van der Waals surface area contributed by atoms with Gasteiger partial charge < -0.3 is 0 Å². The largest absolute Gasteiger partial charge is 0.274 e. The second kappa shape index (κ2) is 12.3. The molecule has 0 spiro atoms. The highest BCUT2D eigenvalue weighted by atomic mass is 32.2. The van der Waals surface area contributed by atoms with E-state index in [-0.39, 0.29) is 35.5 Å². The number of rotatable bonds is 12. The Morgan fingerprint density at radius 1 is 0.718 bits per heavy atom. The molecule has 4 aliphatic heterocycles. The fraction of sp³-hybridized carbons (Fsp3) is 0.704. The summed E-state index contributed by atoms with van der Waals surface area (Å²) in [5, 5.41) is 0. The van der Waals surface area contributed by atoms with Crippen LogP contribution in [0.15, 0.2) is 22.0 Å². The number of fused-ring (bicyclic) bond motifs is 2. The zero-order valence-electron chi connectivity index (χ0n) is 23.1. The van der Waals surface area contributed by atoms with Crippen LogP contribution in [0.3, 0.4) is 0 Å². The van der Waals surface area contributed by atoms with E-state index >= 15 is 0 Å². The van der Waals surface area contributed by atoms with Gasteiger partial charge in [0.2, 0.25) is 11.8 Å². The third kappa shape index (κ3) is 6.81. The molecule has 0 bridgehead atoms. The summed E-state index contributed by atoms with van der Waals surface area (Å²) < 4.78 is 25.4. The molecule has 0 aromatic rings. The predicted octanol–water partition coefficient (Wildman–Crippen LogP) is 3.22. The molecule has 0 aromatic carbocycles. The van der Waals surface area contributed by atoms with E-state index in [2.05, 4.69) is 0 Å². The zero-order chi connectivity index (χ0) is 28.5. The molecule has 4 aliphatic rings. The summed E-state index contributed by atoms with van der Waals surface area (Å²) in [6.45, 7) is 7.38. The van der Waals surface area contributed by atoms with Crippen molar-refractivity contribution in [3.05, 3.63) is 22.0 Å². The lowest BCUT2D eigenvalue weighted by molar-refractivity contribution is -0.153. The van der Waals surface area contributed by atoms with Crippen LogP contribution in [0, 0.1) is 11.8 Å². The first-order chi connectivity index (χ1) is 18.3. The molecule has 2 saturated heterocycles. The summed E-state index contributed by atoms with van der Waals surface area (Å²) in [6, 6.07) is 0. The minimum Gasteiger partial charge on any atom is -0.274 e. The SMILES string of the molecule is CC(C)(CCS(=O)CCCS(=O)CCC(C)(C)N1C(=O)C=C2SCCC2C1=O)N1C(=O)C=C2SCCC2C1=O. The highest BCUT2D eigenvalue weighted by Gasteiger charge is 2.46. The average Bonchev–Trinajstić information content (AvgIpc) is 3.51. The van der Waals surface area contributed by atoms with Gasteiger partial charge in [-0.3, -0.25) is 37.4 Å². The van der Waals surface area contributed by atoms with E-state index in [0.29, 0.717) is 42.3 Å². The highest BCUT2D eigenvalue weighted by molar-refractivity contribution is 8.03. The summed E-state index contributed by atoms with van der Waals surface area (Å²) in [5.41, 5.74) is -1.46. The first-order valence-electron chi connectivity index (χ1n) is 13.5. The molecule has 12 heteroatoms. The summed E-state index contributed by atoms with van der Waals surface area (Å²) in [6.07, 6.45) is 6.06. The molecule has 8 nitrogen and oxygen atoms in total. The smallest absolute Gasteiger partial charge is 0.254 e. The van der Waals surface area contributed by atoms with E-state index in [1.807, 2.05) is 27.7 Å². The molecular weight excluding hydrogens is 577 g/mol. The molecule has 0 radical (unpaired) electrons. The number of thioether (sulfide) groups is 2. The quantitative estimate of drug-likeness (QED) is 0.309. The molecule has 216 valence electrons. The van der Waals surface area contributed by atoms with Gasteiger partial charge in [0.1, 0.15) is 0 Å². The second-order valence-electron chi connectivity index (χ2n) is 11.7. The molecule has 0 aromatic heterocycles. The molecule has 4 atom stereocenters. The Kier molecular flexibility index (Phi) is 9.71. The minimum absolute atomic E-state index is 0.150. The topological polar surface area (TPSA) is 109 Å². The Labute approximate surface area is 244 Å². The molecule has 4 unspecified atom stereocenters. The molecular formula is C27H38N2O6S4. The summed E-state index contributed by atoms with van der Waals surface area (Å²) >= 11 is 3.15. The van der Waals surface area contributed by atoms with E-state index in [9.17, 15) is 27.6 Å². The molecule has 4 amide bonds. The van der Waals surface area contributed by atoms with Crippen LogP contribution in [0.2, 0.25) is 0 Å². The lowest BCUT2D eigenvalue weighted by atomic mass is 9.92. The Morgan fingerprint density at radius 3 is 1.49 bits per heavy atom. The molecule has 4 rings (SSSR count). The Bertz CT molecular complexity index is 1070. The van der Waals surface area contributed by atoms with Crippen LogP contribution in [0.25, 0.3) is 0 Å². The van der Waals surface area contributed by atoms with Crippen LogP contribution in [0.5, 0.6) is 0 Å². The van der Waals surface area contributed by atoms with Gasteiger partial charge in [0.05, 0.1) is 11.8 Å². The third-order valence-corrected chi connectivity index (χ3v) is 13.0. The maximum atomic E-state index is 13.0. The van der Waals surface area contributed by atoms with Crippen molar-refractivity contribution in [2.45, 2.75) is 70.9 Å². The van der Waals surface area contributed by atoms with Gasteiger partial charge >= 0.3 is 0 Å². The van der Waals surface area contributed by atoms with Crippen LogP contribution in [0.4, 0.5) is 0 Å². The number of amides is 4. The number of carbonyl (C=O) groups is 4. The first kappa shape index (κ1) is 30.7. The molecule has 39 heavy (non-hydrogen) atoms. The van der Waals surface area contributed by atoms with Gasteiger partial charge in [-0.1, -0.05) is 0 Å². The fourth-order valence-electron chi connectivity index (χ4n) is 5.48. The van der Waals surface area contributed by atoms with Crippen molar-refractivity contribution in [3.8, 4) is 0 Å². The summed E-state index contributed by atoms with van der Waals surface area (Å²) in [7, 11) is -2.32. The van der Waals surface area contributed by atoms with E-state index < -0.39 is 32.7 Å². The van der Waals surface area contributed by atoms with Gasteiger partial charge in [-0.05, 0) is 71.3 Å². The summed E-state index contributed by atoms with van der Waals surface area (Å²) in [4.78, 5) is 55.7. The van der Waals surface area contributed by atoms with Crippen molar-refractivity contribution in [2.24, 2.45) is 11.8 Å². The van der Waals surface area contributed by atoms with Crippen LogP contribution in [-0.4, -0.2) is 87.4 Å². The van der Waals surface area contributed by atoms with Gasteiger partial charge in [0.15, 0.2) is 0 Å². The van der Waals surface area contributed by atoms with Crippen LogP contribution in [0.1, 0.15) is 59.8 Å². The van der Waals surface area contributed by atoms with Crippen molar-refractivity contribution in [1.82, 2.24) is 9.80 Å². The number of nitrogens with zero attached hydrogens (tertiary/aromatic N) is 2. The van der Waals surface area contributed by atoms with Gasteiger partial charge in [0.25, 0.3) is 11.8 Å².